The molecule has 1 atom stereocenters. The van der Waals surface area contributed by atoms with Crippen molar-refractivity contribution in [2.24, 2.45) is 5.92 Å². The van der Waals surface area contributed by atoms with Crippen LogP contribution in [-0.2, 0) is 0 Å². The van der Waals surface area contributed by atoms with Crippen LogP contribution in [0, 0.1) is 5.92 Å². The number of benzene rings is 1. The topological polar surface area (TPSA) is 58.0 Å². The van der Waals surface area contributed by atoms with Crippen molar-refractivity contribution in [3.05, 3.63) is 30.5 Å². The zero-order valence-corrected chi connectivity index (χ0v) is 10.8. The van der Waals surface area contributed by atoms with E-state index in [1.807, 2.05) is 30.5 Å². The van der Waals surface area contributed by atoms with Crippen LogP contribution < -0.4 is 5.32 Å². The third-order valence-corrected chi connectivity index (χ3v) is 3.05. The van der Waals surface area contributed by atoms with Crippen LogP contribution in [0.3, 0.4) is 0 Å². The first-order valence-electron chi connectivity index (χ1n) is 6.30. The van der Waals surface area contributed by atoms with Gasteiger partial charge >= 0.3 is 0 Å². The van der Waals surface area contributed by atoms with E-state index >= 15 is 0 Å². The van der Waals surface area contributed by atoms with E-state index in [0.29, 0.717) is 18.3 Å². The van der Waals surface area contributed by atoms with Crippen LogP contribution in [0.15, 0.2) is 30.5 Å². The van der Waals surface area contributed by atoms with Crippen LogP contribution in [0.5, 0.6) is 0 Å². The lowest BCUT2D eigenvalue weighted by atomic mass is 10.0. The lowest BCUT2D eigenvalue weighted by Crippen LogP contribution is -2.27. The summed E-state index contributed by atoms with van der Waals surface area (Å²) in [4.78, 5) is 8.78. The number of aliphatic hydroxyl groups excluding tert-OH is 1. The molecule has 1 aromatic heterocycles. The Labute approximate surface area is 107 Å². The van der Waals surface area contributed by atoms with Gasteiger partial charge in [-0.25, -0.2) is 9.97 Å². The molecule has 0 radical (unpaired) electrons. The van der Waals surface area contributed by atoms with E-state index < -0.39 is 0 Å². The minimum absolute atomic E-state index is 0.170. The van der Waals surface area contributed by atoms with Gasteiger partial charge in [0.1, 0.15) is 0 Å². The van der Waals surface area contributed by atoms with Gasteiger partial charge < -0.3 is 10.4 Å². The zero-order chi connectivity index (χ0) is 13.0. The van der Waals surface area contributed by atoms with Crippen molar-refractivity contribution in [3.8, 4) is 0 Å². The van der Waals surface area contributed by atoms with Crippen molar-refractivity contribution in [1.29, 1.82) is 0 Å². The minimum atomic E-state index is 0.170. The van der Waals surface area contributed by atoms with Gasteiger partial charge in [-0.3, -0.25) is 0 Å². The molecule has 0 saturated carbocycles. The fourth-order valence-corrected chi connectivity index (χ4v) is 1.92. The number of aromatic nitrogens is 2. The molecule has 0 fully saturated rings. The van der Waals surface area contributed by atoms with E-state index in [9.17, 15) is 0 Å². The molecule has 0 bridgehead atoms. The summed E-state index contributed by atoms with van der Waals surface area (Å²) >= 11 is 0. The Balaban J connectivity index is 2.20. The Kier molecular flexibility index (Phi) is 4.10. The maximum atomic E-state index is 9.05. The summed E-state index contributed by atoms with van der Waals surface area (Å²) < 4.78 is 0. The van der Waals surface area contributed by atoms with Crippen molar-refractivity contribution in [3.63, 3.8) is 0 Å². The highest BCUT2D eigenvalue weighted by Gasteiger charge is 2.13. The molecule has 1 aromatic carbocycles. The third kappa shape index (κ3) is 2.96. The van der Waals surface area contributed by atoms with E-state index in [0.717, 1.165) is 10.9 Å². The number of nitrogens with zero attached hydrogens (tertiary/aromatic N) is 2. The molecule has 0 spiro atoms. The summed E-state index contributed by atoms with van der Waals surface area (Å²) in [6, 6.07) is 8.09. The van der Waals surface area contributed by atoms with Gasteiger partial charge in [0.05, 0.1) is 5.52 Å². The van der Waals surface area contributed by atoms with E-state index in [1.54, 1.807) is 0 Å². The highest BCUT2D eigenvalue weighted by Crippen LogP contribution is 2.15. The van der Waals surface area contributed by atoms with Crippen LogP contribution in [-0.4, -0.2) is 27.7 Å². The fourth-order valence-electron chi connectivity index (χ4n) is 1.92. The van der Waals surface area contributed by atoms with Gasteiger partial charge in [0, 0.05) is 24.2 Å². The van der Waals surface area contributed by atoms with Crippen LogP contribution in [0.2, 0.25) is 0 Å². The van der Waals surface area contributed by atoms with Gasteiger partial charge in [0.25, 0.3) is 0 Å². The van der Waals surface area contributed by atoms with Crippen LogP contribution in [0.4, 0.5) is 5.95 Å². The largest absolute Gasteiger partial charge is 0.396 e. The highest BCUT2D eigenvalue weighted by molar-refractivity contribution is 5.78. The molecule has 0 aliphatic rings. The Bertz CT molecular complexity index is 513. The number of para-hydroxylation sites is 1. The molecule has 1 heterocycles. The molecule has 4 heteroatoms. The molecule has 0 aliphatic carbocycles. The molecular formula is C14H19N3O. The number of aliphatic hydroxyl groups is 1. The monoisotopic (exact) mass is 245 g/mol. The van der Waals surface area contributed by atoms with Crippen molar-refractivity contribution in [2.45, 2.75) is 26.3 Å². The number of nitrogens with one attached hydrogen (secondary N) is 1. The summed E-state index contributed by atoms with van der Waals surface area (Å²) in [6.07, 6.45) is 2.52. The fraction of sp³-hybridized carbons (Fsp3) is 0.429. The molecule has 4 nitrogen and oxygen atoms in total. The Morgan fingerprint density at radius 1 is 1.28 bits per heavy atom. The summed E-state index contributed by atoms with van der Waals surface area (Å²) in [7, 11) is 0. The molecule has 2 aromatic rings. The average molecular weight is 245 g/mol. The van der Waals surface area contributed by atoms with Gasteiger partial charge in [-0.05, 0) is 18.4 Å². The Morgan fingerprint density at radius 3 is 2.78 bits per heavy atom. The maximum absolute atomic E-state index is 9.05. The second-order valence-electron chi connectivity index (χ2n) is 4.76. The Morgan fingerprint density at radius 2 is 2.06 bits per heavy atom. The number of hydrogen-bond acceptors (Lipinski definition) is 4. The van der Waals surface area contributed by atoms with Crippen molar-refractivity contribution < 1.29 is 5.11 Å². The van der Waals surface area contributed by atoms with Crippen molar-refractivity contribution in [2.75, 3.05) is 11.9 Å². The maximum Gasteiger partial charge on any atom is 0.223 e. The average Bonchev–Trinajstić information content (AvgIpc) is 2.38. The van der Waals surface area contributed by atoms with Crippen LogP contribution in [0.25, 0.3) is 10.9 Å². The van der Waals surface area contributed by atoms with E-state index in [4.69, 9.17) is 5.11 Å². The van der Waals surface area contributed by atoms with Crippen LogP contribution in [0.1, 0.15) is 20.3 Å². The van der Waals surface area contributed by atoms with Crippen molar-refractivity contribution >= 4 is 16.9 Å². The standard InChI is InChI=1S/C14H19N3O/c1-10(2)12(7-8-18)16-14-15-9-11-5-3-4-6-13(11)17-14/h3-6,9-10,12,18H,7-8H2,1-2H3,(H,15,16,17). The predicted molar refractivity (Wildman–Crippen MR) is 73.5 cm³/mol. The SMILES string of the molecule is CC(C)C(CCO)Nc1ncc2ccccc2n1. The molecule has 0 saturated heterocycles. The number of fused-ring (bicyclic) bond motifs is 1. The zero-order valence-electron chi connectivity index (χ0n) is 10.8. The number of hydrogen-bond donors (Lipinski definition) is 2. The summed E-state index contributed by atoms with van der Waals surface area (Å²) in [5.41, 5.74) is 0.932. The highest BCUT2D eigenvalue weighted by atomic mass is 16.3. The van der Waals surface area contributed by atoms with E-state index in [1.165, 1.54) is 0 Å². The minimum Gasteiger partial charge on any atom is -0.396 e. The van der Waals surface area contributed by atoms with Gasteiger partial charge in [0.15, 0.2) is 0 Å². The van der Waals surface area contributed by atoms with Gasteiger partial charge in [-0.1, -0.05) is 32.0 Å². The first-order chi connectivity index (χ1) is 8.70. The van der Waals surface area contributed by atoms with E-state index in [-0.39, 0.29) is 12.6 Å². The van der Waals surface area contributed by atoms with Gasteiger partial charge in [-0.15, -0.1) is 0 Å². The first-order valence-corrected chi connectivity index (χ1v) is 6.30. The molecule has 1 unspecified atom stereocenters. The van der Waals surface area contributed by atoms with E-state index in [2.05, 4.69) is 29.1 Å². The molecule has 2 N–H and O–H groups in total. The second kappa shape index (κ2) is 5.78. The molecule has 96 valence electrons. The second-order valence-corrected chi connectivity index (χ2v) is 4.76. The summed E-state index contributed by atoms with van der Waals surface area (Å²) in [6.45, 7) is 4.41. The first kappa shape index (κ1) is 12.8. The normalized spacial score (nSPS) is 12.9. The number of rotatable bonds is 5. The lowest BCUT2D eigenvalue weighted by molar-refractivity contribution is 0.267. The predicted octanol–water partition coefficient (Wildman–Crippen LogP) is 2.45. The van der Waals surface area contributed by atoms with Crippen LogP contribution >= 0.6 is 0 Å². The number of anilines is 1. The smallest absolute Gasteiger partial charge is 0.223 e. The quantitative estimate of drug-likeness (QED) is 0.849. The molecule has 0 aliphatic heterocycles. The lowest BCUT2D eigenvalue weighted by Gasteiger charge is -2.21. The molecular weight excluding hydrogens is 226 g/mol. The van der Waals surface area contributed by atoms with Crippen molar-refractivity contribution in [1.82, 2.24) is 9.97 Å². The van der Waals surface area contributed by atoms with Gasteiger partial charge in [0.2, 0.25) is 5.95 Å². The molecule has 0 amide bonds. The Hall–Kier alpha value is -1.68. The summed E-state index contributed by atoms with van der Waals surface area (Å²) in [5.74, 6) is 1.05. The summed E-state index contributed by atoms with van der Waals surface area (Å²) in [5, 5.41) is 13.4. The molecule has 18 heavy (non-hydrogen) atoms. The third-order valence-electron chi connectivity index (χ3n) is 3.05. The van der Waals surface area contributed by atoms with Gasteiger partial charge in [-0.2, -0.15) is 0 Å². The molecule has 2 rings (SSSR count).